The smallest absolute Gasteiger partial charge is 0.330 e. The average Bonchev–Trinajstić information content (AvgIpc) is 3.63. The van der Waals surface area contributed by atoms with Gasteiger partial charge in [-0.2, -0.15) is 13.2 Å². The highest BCUT2D eigenvalue weighted by molar-refractivity contribution is 6.30. The van der Waals surface area contributed by atoms with Crippen LogP contribution in [-0.2, 0) is 24.6 Å². The van der Waals surface area contributed by atoms with Crippen molar-refractivity contribution >= 4 is 11.6 Å². The summed E-state index contributed by atoms with van der Waals surface area (Å²) >= 11 is 6.22. The molecule has 1 aromatic heterocycles. The van der Waals surface area contributed by atoms with Crippen LogP contribution < -0.4 is 5.73 Å². The van der Waals surface area contributed by atoms with E-state index in [1.165, 1.54) is 5.56 Å². The summed E-state index contributed by atoms with van der Waals surface area (Å²) in [5.41, 5.74) is 7.50. The van der Waals surface area contributed by atoms with E-state index < -0.39 is 11.9 Å². The van der Waals surface area contributed by atoms with Crippen LogP contribution in [0, 0.1) is 0 Å². The molecule has 0 unspecified atom stereocenters. The number of halogens is 4. The van der Waals surface area contributed by atoms with E-state index in [0.717, 1.165) is 43.5 Å². The Morgan fingerprint density at radius 3 is 2.50 bits per heavy atom. The van der Waals surface area contributed by atoms with Gasteiger partial charge in [-0.05, 0) is 62.6 Å². The number of hydrogen-bond acceptors (Lipinski definition) is 4. The van der Waals surface area contributed by atoms with Crippen LogP contribution in [0.3, 0.4) is 0 Å². The first-order valence-electron chi connectivity index (χ1n) is 11.5. The molecule has 4 nitrogen and oxygen atoms in total. The van der Waals surface area contributed by atoms with Crippen LogP contribution in [0.2, 0.25) is 5.02 Å². The molecule has 0 amide bonds. The second kappa shape index (κ2) is 8.26. The van der Waals surface area contributed by atoms with Gasteiger partial charge in [-0.1, -0.05) is 23.7 Å². The molecule has 0 atom stereocenters. The van der Waals surface area contributed by atoms with Gasteiger partial charge >= 0.3 is 6.18 Å². The molecule has 0 bridgehead atoms. The normalized spacial score (nSPS) is 26.7. The van der Waals surface area contributed by atoms with Gasteiger partial charge in [-0.3, -0.25) is 4.90 Å². The minimum absolute atomic E-state index is 0.0835. The molecule has 0 saturated heterocycles. The number of hydrogen-bond donors (Lipinski definition) is 1. The third-order valence-electron chi connectivity index (χ3n) is 7.58. The summed E-state index contributed by atoms with van der Waals surface area (Å²) in [6.07, 6.45) is 1.51. The van der Waals surface area contributed by atoms with Crippen molar-refractivity contribution in [1.82, 2.24) is 14.9 Å². The van der Waals surface area contributed by atoms with Gasteiger partial charge in [-0.25, -0.2) is 9.97 Å². The number of rotatable bonds is 4. The lowest BCUT2D eigenvalue weighted by Crippen LogP contribution is -2.47. The number of aromatic nitrogens is 2. The lowest BCUT2D eigenvalue weighted by Gasteiger charge is -2.44. The Morgan fingerprint density at radius 1 is 1.12 bits per heavy atom. The average molecular weight is 465 g/mol. The van der Waals surface area contributed by atoms with Crippen molar-refractivity contribution in [2.75, 3.05) is 13.1 Å². The summed E-state index contributed by atoms with van der Waals surface area (Å²) in [7, 11) is 0. The zero-order chi connectivity index (χ0) is 22.5. The van der Waals surface area contributed by atoms with E-state index in [1.807, 2.05) is 18.2 Å². The molecule has 2 aliphatic carbocycles. The number of nitrogens with zero attached hydrogens (tertiary/aromatic N) is 3. The molecule has 2 N–H and O–H groups in total. The van der Waals surface area contributed by atoms with Gasteiger partial charge in [0.05, 0.1) is 5.69 Å². The van der Waals surface area contributed by atoms with Gasteiger partial charge in [0, 0.05) is 47.6 Å². The second-order valence-electron chi connectivity index (χ2n) is 9.57. The van der Waals surface area contributed by atoms with Gasteiger partial charge in [-0.15, -0.1) is 0 Å². The SMILES string of the molecule is NC[C@]1(c2cccc(Cl)c2)CC[C@@H](N2CCc3c(nc(C4CC4)nc3C(F)(F)F)C2)CC1. The maximum absolute atomic E-state index is 13.7. The van der Waals surface area contributed by atoms with E-state index in [-0.39, 0.29) is 11.3 Å². The molecule has 0 radical (unpaired) electrons. The van der Waals surface area contributed by atoms with Crippen LogP contribution in [0.4, 0.5) is 13.2 Å². The van der Waals surface area contributed by atoms with Crippen LogP contribution in [0.1, 0.15) is 72.8 Å². The lowest BCUT2D eigenvalue weighted by molar-refractivity contribution is -0.142. The standard InChI is InChI=1S/C24H28ClF3N4/c25-17-3-1-2-16(12-17)23(14-29)9-6-18(7-10-23)32-11-8-19-20(13-32)30-22(15-4-5-15)31-21(19)24(26,27)28/h1-3,12,15,18H,4-11,13-14,29H2/t18-,23+. The number of benzene rings is 1. The van der Waals surface area contributed by atoms with E-state index in [2.05, 4.69) is 20.9 Å². The van der Waals surface area contributed by atoms with E-state index >= 15 is 0 Å². The minimum atomic E-state index is -4.43. The molecular weight excluding hydrogens is 437 g/mol. The predicted molar refractivity (Wildman–Crippen MR) is 118 cm³/mol. The van der Waals surface area contributed by atoms with Gasteiger partial charge < -0.3 is 5.73 Å². The molecule has 2 aromatic rings. The van der Waals surface area contributed by atoms with Crippen molar-refractivity contribution in [3.63, 3.8) is 0 Å². The summed E-state index contributed by atoms with van der Waals surface area (Å²) in [6, 6.07) is 8.29. The van der Waals surface area contributed by atoms with Crippen LogP contribution in [0.25, 0.3) is 0 Å². The van der Waals surface area contributed by atoms with Crippen molar-refractivity contribution in [2.45, 2.75) is 75.0 Å². The third kappa shape index (κ3) is 4.15. The van der Waals surface area contributed by atoms with E-state index in [4.69, 9.17) is 17.3 Å². The molecule has 8 heteroatoms. The Labute approximate surface area is 191 Å². The number of fused-ring (bicyclic) bond motifs is 1. The van der Waals surface area contributed by atoms with Crippen LogP contribution in [0.5, 0.6) is 0 Å². The maximum Gasteiger partial charge on any atom is 0.433 e. The molecule has 3 aliphatic rings. The topological polar surface area (TPSA) is 55.0 Å². The minimum Gasteiger partial charge on any atom is -0.330 e. The van der Waals surface area contributed by atoms with Gasteiger partial charge in [0.1, 0.15) is 5.82 Å². The van der Waals surface area contributed by atoms with Crippen molar-refractivity contribution < 1.29 is 13.2 Å². The monoisotopic (exact) mass is 464 g/mol. The highest BCUT2D eigenvalue weighted by Gasteiger charge is 2.42. The first-order valence-corrected chi connectivity index (χ1v) is 11.8. The maximum atomic E-state index is 13.7. The van der Waals surface area contributed by atoms with Gasteiger partial charge in [0.15, 0.2) is 5.69 Å². The largest absolute Gasteiger partial charge is 0.433 e. The molecule has 2 saturated carbocycles. The first-order chi connectivity index (χ1) is 15.3. The molecule has 5 rings (SSSR count). The first kappa shape index (κ1) is 22.1. The van der Waals surface area contributed by atoms with Crippen molar-refractivity contribution in [1.29, 1.82) is 0 Å². The van der Waals surface area contributed by atoms with E-state index in [0.29, 0.717) is 49.2 Å². The Morgan fingerprint density at radius 2 is 1.88 bits per heavy atom. The van der Waals surface area contributed by atoms with Crippen molar-refractivity contribution in [3.05, 3.63) is 57.6 Å². The molecular formula is C24H28ClF3N4. The van der Waals surface area contributed by atoms with Crippen LogP contribution >= 0.6 is 11.6 Å². The quantitative estimate of drug-likeness (QED) is 0.673. The van der Waals surface area contributed by atoms with E-state index in [1.54, 1.807) is 0 Å². The van der Waals surface area contributed by atoms with Crippen LogP contribution in [0.15, 0.2) is 24.3 Å². The molecule has 1 aromatic carbocycles. The molecule has 2 fully saturated rings. The summed E-state index contributed by atoms with van der Waals surface area (Å²) < 4.78 is 41.0. The zero-order valence-corrected chi connectivity index (χ0v) is 18.7. The fourth-order valence-electron chi connectivity index (χ4n) is 5.49. The highest BCUT2D eigenvalue weighted by Crippen LogP contribution is 2.44. The van der Waals surface area contributed by atoms with Crippen LogP contribution in [-0.4, -0.2) is 34.0 Å². The number of nitrogens with two attached hydrogens (primary N) is 1. The Bertz CT molecular complexity index is 997. The predicted octanol–water partition coefficient (Wildman–Crippen LogP) is 5.22. The van der Waals surface area contributed by atoms with Gasteiger partial charge in [0.2, 0.25) is 0 Å². The Kier molecular flexibility index (Phi) is 5.71. The summed E-state index contributed by atoms with van der Waals surface area (Å²) in [6.45, 7) is 1.65. The van der Waals surface area contributed by atoms with Crippen molar-refractivity contribution in [2.24, 2.45) is 5.73 Å². The molecule has 1 aliphatic heterocycles. The molecule has 0 spiro atoms. The van der Waals surface area contributed by atoms with Gasteiger partial charge in [0.25, 0.3) is 0 Å². The third-order valence-corrected chi connectivity index (χ3v) is 7.81. The van der Waals surface area contributed by atoms with Crippen molar-refractivity contribution in [3.8, 4) is 0 Å². The summed E-state index contributed by atoms with van der Waals surface area (Å²) in [5.74, 6) is 0.471. The fourth-order valence-corrected chi connectivity index (χ4v) is 5.68. The Hall–Kier alpha value is -1.70. The fraction of sp³-hybridized carbons (Fsp3) is 0.583. The molecule has 172 valence electrons. The summed E-state index contributed by atoms with van der Waals surface area (Å²) in [5, 5.41) is 0.719. The second-order valence-corrected chi connectivity index (χ2v) is 10.0. The molecule has 32 heavy (non-hydrogen) atoms. The van der Waals surface area contributed by atoms with E-state index in [9.17, 15) is 13.2 Å². The zero-order valence-electron chi connectivity index (χ0n) is 18.0. The highest BCUT2D eigenvalue weighted by atomic mass is 35.5. The molecule has 2 heterocycles. The Balaban J connectivity index is 1.34. The number of alkyl halides is 3. The summed E-state index contributed by atoms with van der Waals surface area (Å²) in [4.78, 5) is 10.9. The lowest BCUT2D eigenvalue weighted by atomic mass is 9.68.